The molecule has 4 N–H and O–H groups in total. The van der Waals surface area contributed by atoms with Crippen molar-refractivity contribution in [1.29, 1.82) is 0 Å². The van der Waals surface area contributed by atoms with Crippen molar-refractivity contribution in [3.8, 4) is 0 Å². The van der Waals surface area contributed by atoms with Gasteiger partial charge in [-0.25, -0.2) is 0 Å². The maximum atomic E-state index is 8.62. The summed E-state index contributed by atoms with van der Waals surface area (Å²) in [4.78, 5) is 0. The summed E-state index contributed by atoms with van der Waals surface area (Å²) in [5.74, 6) is 0. The van der Waals surface area contributed by atoms with Crippen molar-refractivity contribution in [3.05, 3.63) is 0 Å². The molecule has 0 saturated heterocycles. The maximum absolute atomic E-state index is 8.62. The molecule has 1 unspecified atom stereocenters. The molecule has 1 aliphatic carbocycles. The summed E-state index contributed by atoms with van der Waals surface area (Å²) < 4.78 is 0. The first-order chi connectivity index (χ1) is 5.83. The highest BCUT2D eigenvalue weighted by atomic mass is 16.3. The van der Waals surface area contributed by atoms with Crippen LogP contribution in [-0.2, 0) is 0 Å². The molecule has 0 radical (unpaired) electrons. The van der Waals surface area contributed by atoms with E-state index in [2.05, 4.69) is 5.32 Å². The summed E-state index contributed by atoms with van der Waals surface area (Å²) in [6, 6.07) is 0.811. The Balaban J connectivity index is 1.99. The Morgan fingerprint density at radius 3 is 2.67 bits per heavy atom. The molecule has 3 nitrogen and oxygen atoms in total. The van der Waals surface area contributed by atoms with Gasteiger partial charge in [-0.15, -0.1) is 0 Å². The largest absolute Gasteiger partial charge is 0.396 e. The Morgan fingerprint density at radius 2 is 2.08 bits per heavy atom. The third kappa shape index (κ3) is 3.52. The predicted octanol–water partition coefficient (Wildman–Crippen LogP) is 0.228. The molecule has 1 atom stereocenters. The third-order valence-electron chi connectivity index (χ3n) is 2.52. The SMILES string of the molecule is NC(CCO)CNC1CCCC1. The minimum atomic E-state index is 0.121. The minimum absolute atomic E-state index is 0.121. The second kappa shape index (κ2) is 5.51. The van der Waals surface area contributed by atoms with Crippen LogP contribution in [0.4, 0.5) is 0 Å². The van der Waals surface area contributed by atoms with E-state index in [1.54, 1.807) is 0 Å². The molecule has 0 spiro atoms. The van der Waals surface area contributed by atoms with Gasteiger partial charge in [0, 0.05) is 25.2 Å². The molecule has 1 saturated carbocycles. The van der Waals surface area contributed by atoms with Gasteiger partial charge in [0.25, 0.3) is 0 Å². The van der Waals surface area contributed by atoms with Gasteiger partial charge in [-0.1, -0.05) is 12.8 Å². The second-order valence-electron chi connectivity index (χ2n) is 3.66. The van der Waals surface area contributed by atoms with E-state index in [-0.39, 0.29) is 12.6 Å². The first kappa shape index (κ1) is 9.96. The topological polar surface area (TPSA) is 58.3 Å². The van der Waals surface area contributed by atoms with Crippen LogP contribution in [0.15, 0.2) is 0 Å². The highest BCUT2D eigenvalue weighted by Gasteiger charge is 2.14. The van der Waals surface area contributed by atoms with Gasteiger partial charge >= 0.3 is 0 Å². The molecule has 72 valence electrons. The number of nitrogens with one attached hydrogen (secondary N) is 1. The molecule has 0 aromatic carbocycles. The van der Waals surface area contributed by atoms with Crippen molar-refractivity contribution in [1.82, 2.24) is 5.32 Å². The quantitative estimate of drug-likeness (QED) is 0.556. The predicted molar refractivity (Wildman–Crippen MR) is 49.9 cm³/mol. The van der Waals surface area contributed by atoms with Crippen LogP contribution in [-0.4, -0.2) is 30.3 Å². The molecule has 12 heavy (non-hydrogen) atoms. The summed E-state index contributed by atoms with van der Waals surface area (Å²) in [7, 11) is 0. The lowest BCUT2D eigenvalue weighted by atomic mass is 10.2. The highest BCUT2D eigenvalue weighted by molar-refractivity contribution is 4.75. The molecule has 3 heteroatoms. The molecule has 0 amide bonds. The normalized spacial score (nSPS) is 21.5. The van der Waals surface area contributed by atoms with Crippen LogP contribution >= 0.6 is 0 Å². The van der Waals surface area contributed by atoms with E-state index in [4.69, 9.17) is 10.8 Å². The monoisotopic (exact) mass is 172 g/mol. The van der Waals surface area contributed by atoms with Crippen molar-refractivity contribution in [2.24, 2.45) is 5.73 Å². The van der Waals surface area contributed by atoms with Crippen molar-refractivity contribution in [2.75, 3.05) is 13.2 Å². The molecular formula is C9H20N2O. The van der Waals surface area contributed by atoms with Crippen LogP contribution in [0.3, 0.4) is 0 Å². The molecule has 1 fully saturated rings. The van der Waals surface area contributed by atoms with Gasteiger partial charge in [0.05, 0.1) is 0 Å². The van der Waals surface area contributed by atoms with E-state index in [0.717, 1.165) is 6.54 Å². The molecule has 0 aliphatic heterocycles. The second-order valence-corrected chi connectivity index (χ2v) is 3.66. The van der Waals surface area contributed by atoms with Crippen LogP contribution in [0.1, 0.15) is 32.1 Å². The average molecular weight is 172 g/mol. The molecule has 1 aliphatic rings. The van der Waals surface area contributed by atoms with Crippen LogP contribution in [0.5, 0.6) is 0 Å². The molecule has 0 heterocycles. The van der Waals surface area contributed by atoms with E-state index in [9.17, 15) is 0 Å². The standard InChI is InChI=1S/C9H20N2O/c10-8(5-6-12)7-11-9-3-1-2-4-9/h8-9,11-12H,1-7,10H2. The van der Waals surface area contributed by atoms with Crippen LogP contribution < -0.4 is 11.1 Å². The van der Waals surface area contributed by atoms with Crippen LogP contribution in [0, 0.1) is 0 Å². The molecule has 0 aromatic heterocycles. The van der Waals surface area contributed by atoms with Crippen molar-refractivity contribution in [3.63, 3.8) is 0 Å². The van der Waals surface area contributed by atoms with Gasteiger partial charge in [-0.2, -0.15) is 0 Å². The first-order valence-corrected chi connectivity index (χ1v) is 4.92. The summed E-state index contributed by atoms with van der Waals surface area (Å²) in [5.41, 5.74) is 5.74. The number of hydrogen-bond donors (Lipinski definition) is 3. The lowest BCUT2D eigenvalue weighted by molar-refractivity contribution is 0.272. The number of aliphatic hydroxyl groups excluding tert-OH is 1. The smallest absolute Gasteiger partial charge is 0.0446 e. The van der Waals surface area contributed by atoms with E-state index < -0.39 is 0 Å². The molecular weight excluding hydrogens is 152 g/mol. The van der Waals surface area contributed by atoms with Crippen molar-refractivity contribution in [2.45, 2.75) is 44.2 Å². The highest BCUT2D eigenvalue weighted by Crippen LogP contribution is 2.17. The van der Waals surface area contributed by atoms with Gasteiger partial charge in [0.15, 0.2) is 0 Å². The maximum Gasteiger partial charge on any atom is 0.0446 e. The number of nitrogens with two attached hydrogens (primary N) is 1. The van der Waals surface area contributed by atoms with E-state index in [1.165, 1.54) is 25.7 Å². The zero-order valence-corrected chi connectivity index (χ0v) is 7.63. The molecule has 1 rings (SSSR count). The lowest BCUT2D eigenvalue weighted by Gasteiger charge is -2.15. The Bertz CT molecular complexity index is 113. The van der Waals surface area contributed by atoms with E-state index in [1.807, 2.05) is 0 Å². The fraction of sp³-hybridized carbons (Fsp3) is 1.00. The Morgan fingerprint density at radius 1 is 1.42 bits per heavy atom. The fourth-order valence-electron chi connectivity index (χ4n) is 1.72. The summed E-state index contributed by atoms with van der Waals surface area (Å²) >= 11 is 0. The van der Waals surface area contributed by atoms with E-state index in [0.29, 0.717) is 12.5 Å². The van der Waals surface area contributed by atoms with Crippen LogP contribution in [0.25, 0.3) is 0 Å². The van der Waals surface area contributed by atoms with Crippen molar-refractivity contribution >= 4 is 0 Å². The number of aliphatic hydroxyl groups is 1. The Labute approximate surface area is 74.3 Å². The number of rotatable bonds is 5. The van der Waals surface area contributed by atoms with Crippen LogP contribution in [0.2, 0.25) is 0 Å². The van der Waals surface area contributed by atoms with E-state index >= 15 is 0 Å². The average Bonchev–Trinajstić information content (AvgIpc) is 2.53. The molecule has 0 bridgehead atoms. The summed E-state index contributed by atoms with van der Waals surface area (Å²) in [5, 5.41) is 12.1. The van der Waals surface area contributed by atoms with Gasteiger partial charge in [-0.3, -0.25) is 0 Å². The molecule has 0 aromatic rings. The van der Waals surface area contributed by atoms with Gasteiger partial charge in [0.1, 0.15) is 0 Å². The van der Waals surface area contributed by atoms with Crippen molar-refractivity contribution < 1.29 is 5.11 Å². The summed E-state index contributed by atoms with van der Waals surface area (Å²) in [6.07, 6.45) is 6.01. The fourth-order valence-corrected chi connectivity index (χ4v) is 1.72. The van der Waals surface area contributed by atoms with Gasteiger partial charge in [0.2, 0.25) is 0 Å². The zero-order chi connectivity index (χ0) is 8.81. The summed E-state index contributed by atoms with van der Waals surface area (Å²) in [6.45, 7) is 1.05. The number of hydrogen-bond acceptors (Lipinski definition) is 3. The van der Waals surface area contributed by atoms with Gasteiger partial charge < -0.3 is 16.2 Å². The Hall–Kier alpha value is -0.120. The minimum Gasteiger partial charge on any atom is -0.396 e. The zero-order valence-electron chi connectivity index (χ0n) is 7.63. The Kier molecular flexibility index (Phi) is 4.58. The third-order valence-corrected chi connectivity index (χ3v) is 2.52. The van der Waals surface area contributed by atoms with Gasteiger partial charge in [-0.05, 0) is 19.3 Å². The first-order valence-electron chi connectivity index (χ1n) is 4.92. The lowest BCUT2D eigenvalue weighted by Crippen LogP contribution is -2.38.